The number of hydrogen-bond acceptors (Lipinski definition) is 3. The van der Waals surface area contributed by atoms with E-state index in [0.29, 0.717) is 5.92 Å². The van der Waals surface area contributed by atoms with Crippen molar-refractivity contribution in [1.29, 1.82) is 0 Å². The van der Waals surface area contributed by atoms with E-state index in [9.17, 15) is 0 Å². The Morgan fingerprint density at radius 2 is 2.40 bits per heavy atom. The fraction of sp³-hybridized carbons (Fsp3) is 0.364. The van der Waals surface area contributed by atoms with Gasteiger partial charge in [0.1, 0.15) is 0 Å². The Morgan fingerprint density at radius 1 is 1.53 bits per heavy atom. The molecule has 4 heteroatoms. The van der Waals surface area contributed by atoms with Crippen LogP contribution in [0.1, 0.15) is 11.6 Å². The first kappa shape index (κ1) is 8.73. The molecule has 0 aromatic carbocycles. The van der Waals surface area contributed by atoms with Crippen molar-refractivity contribution < 1.29 is 4.74 Å². The summed E-state index contributed by atoms with van der Waals surface area (Å²) < 4.78 is 7.29. The quantitative estimate of drug-likeness (QED) is 0.792. The van der Waals surface area contributed by atoms with E-state index >= 15 is 0 Å². The van der Waals surface area contributed by atoms with Crippen molar-refractivity contribution in [3.8, 4) is 5.75 Å². The van der Waals surface area contributed by atoms with Crippen LogP contribution in [0.4, 0.5) is 0 Å². The molecule has 3 rings (SSSR count). The molecule has 2 aromatic rings. The van der Waals surface area contributed by atoms with Crippen molar-refractivity contribution in [2.75, 3.05) is 20.2 Å². The summed E-state index contributed by atoms with van der Waals surface area (Å²) in [5.74, 6) is 1.39. The van der Waals surface area contributed by atoms with E-state index in [0.717, 1.165) is 30.2 Å². The summed E-state index contributed by atoms with van der Waals surface area (Å²) in [7, 11) is 1.68. The van der Waals surface area contributed by atoms with Crippen molar-refractivity contribution in [1.82, 2.24) is 14.7 Å². The summed E-state index contributed by atoms with van der Waals surface area (Å²) in [5.41, 5.74) is 2.06. The number of imidazole rings is 1. The van der Waals surface area contributed by atoms with Gasteiger partial charge < -0.3 is 14.5 Å². The highest BCUT2D eigenvalue weighted by atomic mass is 16.5. The van der Waals surface area contributed by atoms with Crippen LogP contribution in [0.5, 0.6) is 5.75 Å². The Labute approximate surface area is 87.9 Å². The van der Waals surface area contributed by atoms with E-state index in [1.807, 2.05) is 22.7 Å². The minimum Gasteiger partial charge on any atom is -0.493 e. The summed E-state index contributed by atoms with van der Waals surface area (Å²) in [5, 5.41) is 3.25. The van der Waals surface area contributed by atoms with Gasteiger partial charge in [-0.3, -0.25) is 0 Å². The second-order valence-electron chi connectivity index (χ2n) is 3.83. The fourth-order valence-corrected chi connectivity index (χ4v) is 1.86. The van der Waals surface area contributed by atoms with Crippen LogP contribution in [-0.2, 0) is 0 Å². The molecule has 0 atom stereocenters. The molecule has 0 amide bonds. The molecule has 1 N–H and O–H groups in total. The molecule has 1 aliphatic rings. The molecule has 1 aliphatic heterocycles. The maximum absolute atomic E-state index is 5.27. The molecule has 0 spiro atoms. The smallest absolute Gasteiger partial charge is 0.179 e. The number of aromatic nitrogens is 2. The molecule has 15 heavy (non-hydrogen) atoms. The lowest BCUT2D eigenvalue weighted by Crippen LogP contribution is -2.40. The molecular formula is C11H13N3O. The van der Waals surface area contributed by atoms with Gasteiger partial charge in [0.05, 0.1) is 12.8 Å². The van der Waals surface area contributed by atoms with Crippen LogP contribution >= 0.6 is 0 Å². The molecule has 0 bridgehead atoms. The summed E-state index contributed by atoms with van der Waals surface area (Å²) in [6.07, 6.45) is 4.09. The molecule has 3 heterocycles. The predicted octanol–water partition coefficient (Wildman–Crippen LogP) is 1.03. The van der Waals surface area contributed by atoms with Crippen molar-refractivity contribution >= 4 is 5.65 Å². The van der Waals surface area contributed by atoms with Crippen LogP contribution < -0.4 is 10.1 Å². The minimum atomic E-state index is 0.564. The normalized spacial score (nSPS) is 16.6. The lowest BCUT2D eigenvalue weighted by atomic mass is 10.0. The number of hydrogen-bond donors (Lipinski definition) is 1. The topological polar surface area (TPSA) is 38.6 Å². The van der Waals surface area contributed by atoms with E-state index in [1.165, 1.54) is 0 Å². The number of ether oxygens (including phenoxy) is 1. The molecule has 4 nitrogen and oxygen atoms in total. The van der Waals surface area contributed by atoms with Gasteiger partial charge in [-0.25, -0.2) is 4.98 Å². The van der Waals surface area contributed by atoms with Gasteiger partial charge in [0.15, 0.2) is 11.4 Å². The SMILES string of the molecule is COc1cccn2cc(C3CNC3)nc12. The maximum atomic E-state index is 5.27. The summed E-state index contributed by atoms with van der Waals surface area (Å²) >= 11 is 0. The van der Waals surface area contributed by atoms with Crippen LogP contribution in [0.25, 0.3) is 5.65 Å². The Kier molecular flexibility index (Phi) is 1.89. The summed E-state index contributed by atoms with van der Waals surface area (Å²) in [4.78, 5) is 4.60. The summed E-state index contributed by atoms with van der Waals surface area (Å²) in [6, 6.07) is 3.90. The fourth-order valence-electron chi connectivity index (χ4n) is 1.86. The lowest BCUT2D eigenvalue weighted by Gasteiger charge is -2.24. The molecule has 0 radical (unpaired) electrons. The number of pyridine rings is 1. The highest BCUT2D eigenvalue weighted by molar-refractivity contribution is 5.54. The van der Waals surface area contributed by atoms with Gasteiger partial charge in [-0.1, -0.05) is 0 Å². The molecule has 0 unspecified atom stereocenters. The van der Waals surface area contributed by atoms with E-state index in [4.69, 9.17) is 4.74 Å². The average Bonchev–Trinajstić information content (AvgIpc) is 2.57. The van der Waals surface area contributed by atoms with Crippen LogP contribution in [0.3, 0.4) is 0 Å². The third-order valence-corrected chi connectivity index (χ3v) is 2.89. The van der Waals surface area contributed by atoms with Gasteiger partial charge in [0.25, 0.3) is 0 Å². The van der Waals surface area contributed by atoms with Crippen LogP contribution in [0, 0.1) is 0 Å². The zero-order valence-electron chi connectivity index (χ0n) is 8.60. The third-order valence-electron chi connectivity index (χ3n) is 2.89. The predicted molar refractivity (Wildman–Crippen MR) is 57.4 cm³/mol. The first-order chi connectivity index (χ1) is 7.38. The van der Waals surface area contributed by atoms with Crippen molar-refractivity contribution in [2.45, 2.75) is 5.92 Å². The maximum Gasteiger partial charge on any atom is 0.179 e. The Hall–Kier alpha value is -1.55. The molecule has 1 fully saturated rings. The van der Waals surface area contributed by atoms with E-state index in [-0.39, 0.29) is 0 Å². The van der Waals surface area contributed by atoms with Gasteiger partial charge in [-0.05, 0) is 12.1 Å². The van der Waals surface area contributed by atoms with Gasteiger partial charge in [-0.15, -0.1) is 0 Å². The molecule has 0 aliphatic carbocycles. The van der Waals surface area contributed by atoms with Crippen LogP contribution in [0.15, 0.2) is 24.5 Å². The van der Waals surface area contributed by atoms with E-state index in [1.54, 1.807) is 7.11 Å². The van der Waals surface area contributed by atoms with Gasteiger partial charge >= 0.3 is 0 Å². The number of nitrogens with zero attached hydrogens (tertiary/aromatic N) is 2. The minimum absolute atomic E-state index is 0.564. The molecule has 78 valence electrons. The summed E-state index contributed by atoms with van der Waals surface area (Å²) in [6.45, 7) is 2.07. The Balaban J connectivity index is 2.12. The Bertz CT molecular complexity index is 488. The van der Waals surface area contributed by atoms with Crippen molar-refractivity contribution in [3.05, 3.63) is 30.2 Å². The first-order valence-electron chi connectivity index (χ1n) is 5.11. The number of nitrogens with one attached hydrogen (secondary N) is 1. The van der Waals surface area contributed by atoms with Crippen LogP contribution in [0.2, 0.25) is 0 Å². The number of fused-ring (bicyclic) bond motifs is 1. The first-order valence-corrected chi connectivity index (χ1v) is 5.11. The monoisotopic (exact) mass is 203 g/mol. The number of methoxy groups -OCH3 is 1. The Morgan fingerprint density at radius 3 is 3.07 bits per heavy atom. The van der Waals surface area contributed by atoms with E-state index < -0.39 is 0 Å². The number of rotatable bonds is 2. The molecular weight excluding hydrogens is 190 g/mol. The van der Waals surface area contributed by atoms with Crippen molar-refractivity contribution in [3.63, 3.8) is 0 Å². The standard InChI is InChI=1S/C11H13N3O/c1-15-10-3-2-4-14-7-9(13-11(10)14)8-5-12-6-8/h2-4,7-8,12H,5-6H2,1H3. The molecule has 1 saturated heterocycles. The largest absolute Gasteiger partial charge is 0.493 e. The zero-order valence-corrected chi connectivity index (χ0v) is 8.60. The van der Waals surface area contributed by atoms with Gasteiger partial charge in [0.2, 0.25) is 0 Å². The molecule has 0 saturated carbocycles. The highest BCUT2D eigenvalue weighted by Crippen LogP contribution is 2.23. The van der Waals surface area contributed by atoms with E-state index in [2.05, 4.69) is 16.5 Å². The van der Waals surface area contributed by atoms with Gasteiger partial charge in [-0.2, -0.15) is 0 Å². The zero-order chi connectivity index (χ0) is 10.3. The highest BCUT2D eigenvalue weighted by Gasteiger charge is 2.22. The van der Waals surface area contributed by atoms with Crippen LogP contribution in [-0.4, -0.2) is 29.6 Å². The van der Waals surface area contributed by atoms with Gasteiger partial charge in [0, 0.05) is 31.4 Å². The second kappa shape index (κ2) is 3.24. The lowest BCUT2D eigenvalue weighted by molar-refractivity contribution is 0.416. The molecule has 2 aromatic heterocycles. The van der Waals surface area contributed by atoms with Crippen molar-refractivity contribution in [2.24, 2.45) is 0 Å². The second-order valence-corrected chi connectivity index (χ2v) is 3.83. The third kappa shape index (κ3) is 1.29. The average molecular weight is 203 g/mol.